The van der Waals surface area contributed by atoms with E-state index in [1.54, 1.807) is 7.11 Å². The molecular weight excluding hydrogens is 248 g/mol. The number of amides is 1. The molecule has 19 heavy (non-hydrogen) atoms. The van der Waals surface area contributed by atoms with E-state index in [4.69, 9.17) is 9.47 Å². The number of likely N-dealkylation sites (tertiary alicyclic amines) is 1. The van der Waals surface area contributed by atoms with Gasteiger partial charge in [0.1, 0.15) is 6.10 Å². The molecule has 0 saturated carbocycles. The van der Waals surface area contributed by atoms with E-state index in [-0.39, 0.29) is 18.1 Å². The molecule has 0 aromatic rings. The minimum atomic E-state index is -0.632. The van der Waals surface area contributed by atoms with Gasteiger partial charge in [-0.05, 0) is 19.4 Å². The zero-order chi connectivity index (χ0) is 13.8. The number of nitrogens with one attached hydrogen (secondary N) is 1. The second-order valence-corrected chi connectivity index (χ2v) is 5.42. The number of hydrogen-bond donors (Lipinski definition) is 2. The highest BCUT2D eigenvalue weighted by Gasteiger charge is 2.39. The van der Waals surface area contributed by atoms with Crippen LogP contribution in [0.25, 0.3) is 0 Å². The molecule has 0 bridgehead atoms. The molecular formula is C13H24N2O4. The summed E-state index contributed by atoms with van der Waals surface area (Å²) < 4.78 is 10.8. The first-order chi connectivity index (χ1) is 9.11. The fourth-order valence-electron chi connectivity index (χ4n) is 2.98. The molecule has 2 fully saturated rings. The first-order valence-corrected chi connectivity index (χ1v) is 6.91. The van der Waals surface area contributed by atoms with Gasteiger partial charge in [-0.3, -0.25) is 9.69 Å². The van der Waals surface area contributed by atoms with E-state index in [0.29, 0.717) is 19.2 Å². The molecule has 2 saturated heterocycles. The molecule has 0 spiro atoms. The van der Waals surface area contributed by atoms with Gasteiger partial charge in [0.05, 0.1) is 25.4 Å². The summed E-state index contributed by atoms with van der Waals surface area (Å²) in [5.41, 5.74) is 0. The van der Waals surface area contributed by atoms with Crippen molar-refractivity contribution >= 4 is 5.91 Å². The third-order valence-electron chi connectivity index (χ3n) is 3.94. The minimum absolute atomic E-state index is 0.133. The summed E-state index contributed by atoms with van der Waals surface area (Å²) in [4.78, 5) is 13.3. The number of aliphatic hydroxyl groups excluding tert-OH is 1. The normalized spacial score (nSPS) is 35.7. The van der Waals surface area contributed by atoms with Crippen molar-refractivity contribution in [1.29, 1.82) is 0 Å². The Labute approximate surface area is 114 Å². The van der Waals surface area contributed by atoms with Crippen LogP contribution in [-0.4, -0.2) is 73.6 Å². The molecule has 0 aliphatic carbocycles. The number of carbonyl (C=O) groups is 1. The maximum atomic E-state index is 11.0. The molecule has 0 radical (unpaired) electrons. The molecule has 4 atom stereocenters. The average molecular weight is 272 g/mol. The Balaban J connectivity index is 1.84. The predicted molar refractivity (Wildman–Crippen MR) is 69.8 cm³/mol. The SMILES string of the molecule is COCC1CCCN1CC1OCC(NC(C)=O)C1O. The van der Waals surface area contributed by atoms with E-state index in [2.05, 4.69) is 10.2 Å². The van der Waals surface area contributed by atoms with Gasteiger partial charge < -0.3 is 19.9 Å². The van der Waals surface area contributed by atoms with Gasteiger partial charge in [0.2, 0.25) is 5.91 Å². The second-order valence-electron chi connectivity index (χ2n) is 5.42. The summed E-state index contributed by atoms with van der Waals surface area (Å²) >= 11 is 0. The number of methoxy groups -OCH3 is 1. The quantitative estimate of drug-likeness (QED) is 0.697. The van der Waals surface area contributed by atoms with E-state index >= 15 is 0 Å². The Hall–Kier alpha value is -0.690. The van der Waals surface area contributed by atoms with Crippen LogP contribution in [0.5, 0.6) is 0 Å². The molecule has 110 valence electrons. The summed E-state index contributed by atoms with van der Waals surface area (Å²) in [6.07, 6.45) is 1.43. The van der Waals surface area contributed by atoms with Crippen LogP contribution in [0.15, 0.2) is 0 Å². The smallest absolute Gasteiger partial charge is 0.217 e. The van der Waals surface area contributed by atoms with Crippen molar-refractivity contribution in [1.82, 2.24) is 10.2 Å². The molecule has 2 heterocycles. The standard InChI is InChI=1S/C13H24N2O4/c1-9(16)14-11-8-19-12(13(11)17)6-15-5-3-4-10(15)7-18-2/h10-13,17H,3-8H2,1-2H3,(H,14,16). The molecule has 0 aromatic carbocycles. The molecule has 2 aliphatic rings. The fourth-order valence-corrected chi connectivity index (χ4v) is 2.98. The van der Waals surface area contributed by atoms with Gasteiger partial charge in [0, 0.05) is 26.6 Å². The third kappa shape index (κ3) is 3.66. The maximum absolute atomic E-state index is 11.0. The van der Waals surface area contributed by atoms with Crippen LogP contribution in [0.4, 0.5) is 0 Å². The molecule has 0 aromatic heterocycles. The van der Waals surface area contributed by atoms with Gasteiger partial charge in [-0.25, -0.2) is 0 Å². The van der Waals surface area contributed by atoms with E-state index in [1.807, 2.05) is 0 Å². The van der Waals surface area contributed by atoms with Crippen molar-refractivity contribution in [3.63, 3.8) is 0 Å². The van der Waals surface area contributed by atoms with Gasteiger partial charge in [0.15, 0.2) is 0 Å². The van der Waals surface area contributed by atoms with Crippen molar-refractivity contribution in [2.45, 2.75) is 44.1 Å². The lowest BCUT2D eigenvalue weighted by atomic mass is 10.1. The van der Waals surface area contributed by atoms with E-state index in [9.17, 15) is 9.90 Å². The van der Waals surface area contributed by atoms with Crippen LogP contribution >= 0.6 is 0 Å². The van der Waals surface area contributed by atoms with E-state index in [0.717, 1.165) is 26.0 Å². The van der Waals surface area contributed by atoms with Gasteiger partial charge >= 0.3 is 0 Å². The summed E-state index contributed by atoms with van der Waals surface area (Å²) in [5, 5.41) is 12.9. The van der Waals surface area contributed by atoms with Crippen LogP contribution < -0.4 is 5.32 Å². The first-order valence-electron chi connectivity index (χ1n) is 6.91. The summed E-state index contributed by atoms with van der Waals surface area (Å²) in [6.45, 7) is 4.28. The number of rotatable bonds is 5. The number of carbonyl (C=O) groups excluding carboxylic acids is 1. The Morgan fingerprint density at radius 1 is 1.58 bits per heavy atom. The molecule has 2 rings (SSSR count). The Morgan fingerprint density at radius 3 is 3.05 bits per heavy atom. The zero-order valence-electron chi connectivity index (χ0n) is 11.7. The summed E-state index contributed by atoms with van der Waals surface area (Å²) in [5.74, 6) is -0.133. The van der Waals surface area contributed by atoms with E-state index < -0.39 is 6.10 Å². The topological polar surface area (TPSA) is 71.0 Å². The van der Waals surface area contributed by atoms with Crippen LogP contribution in [0.1, 0.15) is 19.8 Å². The Kier molecular flexibility index (Phi) is 5.15. The summed E-state index contributed by atoms with van der Waals surface area (Å²) in [7, 11) is 1.71. The van der Waals surface area contributed by atoms with Gasteiger partial charge in [0.25, 0.3) is 0 Å². The second kappa shape index (κ2) is 6.65. The number of nitrogens with zero attached hydrogens (tertiary/aromatic N) is 1. The molecule has 4 unspecified atom stereocenters. The van der Waals surface area contributed by atoms with Gasteiger partial charge in [-0.15, -0.1) is 0 Å². The summed E-state index contributed by atoms with van der Waals surface area (Å²) in [6, 6.07) is 0.131. The molecule has 2 N–H and O–H groups in total. The fraction of sp³-hybridized carbons (Fsp3) is 0.923. The highest BCUT2D eigenvalue weighted by molar-refractivity contribution is 5.73. The number of aliphatic hydroxyl groups is 1. The lowest BCUT2D eigenvalue weighted by molar-refractivity contribution is -0.120. The van der Waals surface area contributed by atoms with Crippen molar-refractivity contribution in [3.05, 3.63) is 0 Å². The number of ether oxygens (including phenoxy) is 2. The third-order valence-corrected chi connectivity index (χ3v) is 3.94. The Morgan fingerprint density at radius 2 is 2.37 bits per heavy atom. The van der Waals surface area contributed by atoms with Crippen molar-refractivity contribution < 1.29 is 19.4 Å². The monoisotopic (exact) mass is 272 g/mol. The molecule has 6 heteroatoms. The Bertz CT molecular complexity index is 313. The largest absolute Gasteiger partial charge is 0.388 e. The average Bonchev–Trinajstić information content (AvgIpc) is 2.91. The maximum Gasteiger partial charge on any atom is 0.217 e. The lowest BCUT2D eigenvalue weighted by Gasteiger charge is -2.28. The van der Waals surface area contributed by atoms with Crippen LogP contribution in [0.2, 0.25) is 0 Å². The van der Waals surface area contributed by atoms with Crippen LogP contribution in [-0.2, 0) is 14.3 Å². The van der Waals surface area contributed by atoms with Crippen LogP contribution in [0, 0.1) is 0 Å². The van der Waals surface area contributed by atoms with Gasteiger partial charge in [-0.2, -0.15) is 0 Å². The zero-order valence-corrected chi connectivity index (χ0v) is 11.7. The highest BCUT2D eigenvalue weighted by Crippen LogP contribution is 2.22. The minimum Gasteiger partial charge on any atom is -0.388 e. The van der Waals surface area contributed by atoms with Crippen molar-refractivity contribution in [2.24, 2.45) is 0 Å². The highest BCUT2D eigenvalue weighted by atomic mass is 16.5. The first kappa shape index (κ1) is 14.7. The molecule has 2 aliphatic heterocycles. The molecule has 6 nitrogen and oxygen atoms in total. The number of hydrogen-bond acceptors (Lipinski definition) is 5. The predicted octanol–water partition coefficient (Wildman–Crippen LogP) is -0.638. The van der Waals surface area contributed by atoms with Crippen molar-refractivity contribution in [3.8, 4) is 0 Å². The van der Waals surface area contributed by atoms with Gasteiger partial charge in [-0.1, -0.05) is 0 Å². The molecule has 1 amide bonds. The van der Waals surface area contributed by atoms with Crippen LogP contribution in [0.3, 0.4) is 0 Å². The lowest BCUT2D eigenvalue weighted by Crippen LogP contribution is -2.47. The van der Waals surface area contributed by atoms with Crippen molar-refractivity contribution in [2.75, 3.05) is 33.4 Å². The van der Waals surface area contributed by atoms with E-state index in [1.165, 1.54) is 6.92 Å².